The van der Waals surface area contributed by atoms with E-state index in [0.717, 1.165) is 11.4 Å². The summed E-state index contributed by atoms with van der Waals surface area (Å²) in [7, 11) is 0. The molecule has 0 saturated heterocycles. The maximum absolute atomic E-state index is 11.9. The van der Waals surface area contributed by atoms with Crippen LogP contribution in [-0.4, -0.2) is 28.1 Å². The first-order valence-electron chi connectivity index (χ1n) is 6.92. The van der Waals surface area contributed by atoms with E-state index in [2.05, 4.69) is 22.5 Å². The van der Waals surface area contributed by atoms with Gasteiger partial charge in [0.1, 0.15) is 5.01 Å². The fraction of sp³-hybridized carbons (Fsp3) is 0.500. The van der Waals surface area contributed by atoms with E-state index in [9.17, 15) is 9.59 Å². The van der Waals surface area contributed by atoms with Crippen molar-refractivity contribution in [3.63, 3.8) is 0 Å². The van der Waals surface area contributed by atoms with Crippen molar-refractivity contribution < 1.29 is 14.7 Å². The number of nitrogens with one attached hydrogen (secondary N) is 2. The molecule has 0 fully saturated rings. The summed E-state index contributed by atoms with van der Waals surface area (Å²) in [5.74, 6) is -1.38. The Kier molecular flexibility index (Phi) is 4.95. The van der Waals surface area contributed by atoms with Gasteiger partial charge in [0.15, 0.2) is 0 Å². The number of rotatable bonds is 5. The standard InChI is InChI=1S/C14H19N3O3S/c1-3-11-7-15-12(21-11)8(2)16-14(20)17-10-5-4-9(6-10)13(18)19/h4-5,7-10H,3,6H2,1-2H3,(H,18,19)(H2,16,17,20). The molecule has 0 aromatic carbocycles. The van der Waals surface area contributed by atoms with E-state index >= 15 is 0 Å². The highest BCUT2D eigenvalue weighted by Crippen LogP contribution is 2.21. The van der Waals surface area contributed by atoms with Crippen LogP contribution in [0.2, 0.25) is 0 Å². The van der Waals surface area contributed by atoms with Gasteiger partial charge in [0.05, 0.1) is 18.0 Å². The second-order valence-corrected chi connectivity index (χ2v) is 6.18. The zero-order valence-corrected chi connectivity index (χ0v) is 12.8. The molecule has 0 spiro atoms. The summed E-state index contributed by atoms with van der Waals surface area (Å²) in [5, 5.41) is 15.3. The van der Waals surface area contributed by atoms with Crippen molar-refractivity contribution in [2.45, 2.75) is 38.8 Å². The van der Waals surface area contributed by atoms with Crippen molar-refractivity contribution >= 4 is 23.3 Å². The lowest BCUT2D eigenvalue weighted by Gasteiger charge is -2.16. The average molecular weight is 309 g/mol. The van der Waals surface area contributed by atoms with Crippen molar-refractivity contribution in [1.29, 1.82) is 0 Å². The molecule has 6 nitrogen and oxygen atoms in total. The van der Waals surface area contributed by atoms with Crippen LogP contribution in [0.5, 0.6) is 0 Å². The van der Waals surface area contributed by atoms with Gasteiger partial charge in [-0.05, 0) is 19.8 Å². The van der Waals surface area contributed by atoms with Gasteiger partial charge in [-0.2, -0.15) is 0 Å². The number of carboxylic acids is 1. The van der Waals surface area contributed by atoms with Crippen LogP contribution in [0.4, 0.5) is 4.79 Å². The summed E-state index contributed by atoms with van der Waals surface area (Å²) in [6, 6.07) is -0.715. The highest BCUT2D eigenvalue weighted by atomic mass is 32.1. The van der Waals surface area contributed by atoms with Gasteiger partial charge < -0.3 is 15.7 Å². The first-order chi connectivity index (χ1) is 9.99. The number of thiazole rings is 1. The molecule has 3 N–H and O–H groups in total. The topological polar surface area (TPSA) is 91.3 Å². The summed E-state index contributed by atoms with van der Waals surface area (Å²) in [5.41, 5.74) is 0. The largest absolute Gasteiger partial charge is 0.481 e. The summed E-state index contributed by atoms with van der Waals surface area (Å²) >= 11 is 1.58. The Morgan fingerprint density at radius 2 is 2.29 bits per heavy atom. The van der Waals surface area contributed by atoms with Gasteiger partial charge in [0.25, 0.3) is 0 Å². The molecule has 0 radical (unpaired) electrons. The molecule has 1 aliphatic rings. The number of carboxylic acid groups (broad SMARTS) is 1. The Bertz CT molecular complexity index is 555. The van der Waals surface area contributed by atoms with Crippen LogP contribution in [0.3, 0.4) is 0 Å². The lowest BCUT2D eigenvalue weighted by atomic mass is 10.1. The van der Waals surface area contributed by atoms with E-state index in [1.165, 1.54) is 4.88 Å². The minimum absolute atomic E-state index is 0.170. The number of urea groups is 1. The van der Waals surface area contributed by atoms with Crippen LogP contribution >= 0.6 is 11.3 Å². The van der Waals surface area contributed by atoms with Crippen molar-refractivity contribution in [2.75, 3.05) is 0 Å². The number of hydrogen-bond acceptors (Lipinski definition) is 4. The molecule has 3 atom stereocenters. The fourth-order valence-electron chi connectivity index (χ4n) is 2.14. The number of aliphatic carboxylic acids is 1. The van der Waals surface area contributed by atoms with E-state index in [1.807, 2.05) is 13.1 Å². The van der Waals surface area contributed by atoms with Gasteiger partial charge in [0, 0.05) is 11.1 Å². The third-order valence-electron chi connectivity index (χ3n) is 3.36. The predicted octanol–water partition coefficient (Wildman–Crippen LogP) is 2.09. The van der Waals surface area contributed by atoms with Gasteiger partial charge in [-0.3, -0.25) is 4.79 Å². The summed E-state index contributed by atoms with van der Waals surface area (Å²) in [6.45, 7) is 3.94. The lowest BCUT2D eigenvalue weighted by Crippen LogP contribution is -2.42. The van der Waals surface area contributed by atoms with Crippen LogP contribution < -0.4 is 10.6 Å². The Morgan fingerprint density at radius 3 is 2.86 bits per heavy atom. The Labute approximate surface area is 127 Å². The van der Waals surface area contributed by atoms with E-state index < -0.39 is 11.9 Å². The number of amides is 2. The van der Waals surface area contributed by atoms with Gasteiger partial charge in [-0.1, -0.05) is 19.1 Å². The molecule has 0 aliphatic heterocycles. The molecule has 3 unspecified atom stereocenters. The summed E-state index contributed by atoms with van der Waals surface area (Å²) in [4.78, 5) is 28.2. The van der Waals surface area contributed by atoms with Crippen molar-refractivity contribution in [3.8, 4) is 0 Å². The lowest BCUT2D eigenvalue weighted by molar-refractivity contribution is -0.140. The Hall–Kier alpha value is -1.89. The first-order valence-corrected chi connectivity index (χ1v) is 7.74. The van der Waals surface area contributed by atoms with Gasteiger partial charge >= 0.3 is 12.0 Å². The number of hydrogen-bond donors (Lipinski definition) is 3. The van der Waals surface area contributed by atoms with Crippen LogP contribution in [0.1, 0.15) is 36.2 Å². The van der Waals surface area contributed by atoms with Crippen molar-refractivity contribution in [2.24, 2.45) is 5.92 Å². The minimum Gasteiger partial charge on any atom is -0.481 e. The van der Waals surface area contributed by atoms with E-state index in [4.69, 9.17) is 5.11 Å². The van der Waals surface area contributed by atoms with Crippen molar-refractivity contribution in [3.05, 3.63) is 28.2 Å². The normalized spacial score (nSPS) is 22.0. The van der Waals surface area contributed by atoms with E-state index in [1.54, 1.807) is 23.5 Å². The van der Waals surface area contributed by atoms with Crippen LogP contribution in [0, 0.1) is 5.92 Å². The molecule has 114 valence electrons. The number of aryl methyl sites for hydroxylation is 1. The SMILES string of the molecule is CCc1cnc(C(C)NC(=O)NC2C=CC(C(=O)O)C2)s1. The highest BCUT2D eigenvalue weighted by molar-refractivity contribution is 7.11. The molecule has 1 aromatic rings. The van der Waals surface area contributed by atoms with E-state index in [0.29, 0.717) is 6.42 Å². The molecule has 1 aliphatic carbocycles. The fourth-order valence-corrected chi connectivity index (χ4v) is 3.00. The highest BCUT2D eigenvalue weighted by Gasteiger charge is 2.25. The minimum atomic E-state index is -0.862. The van der Waals surface area contributed by atoms with Crippen LogP contribution in [0.25, 0.3) is 0 Å². The monoisotopic (exact) mass is 309 g/mol. The quantitative estimate of drug-likeness (QED) is 0.726. The second kappa shape index (κ2) is 6.71. The maximum atomic E-state index is 11.9. The smallest absolute Gasteiger partial charge is 0.315 e. The Balaban J connectivity index is 1.82. The molecular weight excluding hydrogens is 290 g/mol. The van der Waals surface area contributed by atoms with Crippen molar-refractivity contribution in [1.82, 2.24) is 15.6 Å². The third-order valence-corrected chi connectivity index (χ3v) is 4.68. The molecule has 2 rings (SSSR count). The van der Waals surface area contributed by atoms with Crippen LogP contribution in [-0.2, 0) is 11.2 Å². The van der Waals surface area contributed by atoms with Crippen LogP contribution in [0.15, 0.2) is 18.3 Å². The molecule has 1 heterocycles. The molecular formula is C14H19N3O3S. The molecule has 0 saturated carbocycles. The first kappa shape index (κ1) is 15.5. The zero-order valence-electron chi connectivity index (χ0n) is 12.0. The third kappa shape index (κ3) is 4.04. The van der Waals surface area contributed by atoms with Gasteiger partial charge in [-0.15, -0.1) is 11.3 Å². The second-order valence-electron chi connectivity index (χ2n) is 5.03. The average Bonchev–Trinajstić information content (AvgIpc) is 3.06. The van der Waals surface area contributed by atoms with Gasteiger partial charge in [0.2, 0.25) is 0 Å². The maximum Gasteiger partial charge on any atom is 0.315 e. The van der Waals surface area contributed by atoms with Gasteiger partial charge in [-0.25, -0.2) is 9.78 Å². The number of nitrogens with zero attached hydrogens (tertiary/aromatic N) is 1. The molecule has 2 amide bonds. The number of carbonyl (C=O) groups excluding carboxylic acids is 1. The number of carbonyl (C=O) groups is 2. The molecule has 21 heavy (non-hydrogen) atoms. The number of aromatic nitrogens is 1. The molecule has 1 aromatic heterocycles. The predicted molar refractivity (Wildman–Crippen MR) is 80.2 cm³/mol. The molecule has 0 bridgehead atoms. The molecule has 7 heteroatoms. The van der Waals surface area contributed by atoms with E-state index in [-0.39, 0.29) is 18.1 Å². The zero-order chi connectivity index (χ0) is 15.4. The summed E-state index contributed by atoms with van der Waals surface area (Å²) < 4.78 is 0. The summed E-state index contributed by atoms with van der Waals surface area (Å²) in [6.07, 6.45) is 6.49. The Morgan fingerprint density at radius 1 is 1.52 bits per heavy atom.